The molecule has 7 heteroatoms. The lowest BCUT2D eigenvalue weighted by molar-refractivity contribution is -0.136. The summed E-state index contributed by atoms with van der Waals surface area (Å²) in [6, 6.07) is 1.02. The summed E-state index contributed by atoms with van der Waals surface area (Å²) in [4.78, 5) is 23.8. The lowest BCUT2D eigenvalue weighted by atomic mass is 10.2. The van der Waals surface area contributed by atoms with Crippen molar-refractivity contribution in [3.8, 4) is 0 Å². The van der Waals surface area contributed by atoms with E-state index in [1.165, 1.54) is 22.6 Å². The number of H-pyrrole nitrogens is 1. The molecule has 0 amide bonds. The van der Waals surface area contributed by atoms with E-state index in [0.717, 1.165) is 6.07 Å². The number of hydrogen-bond donors (Lipinski definition) is 2. The number of hydrogen-bond acceptors (Lipinski definition) is 2. The van der Waals surface area contributed by atoms with Gasteiger partial charge in [-0.2, -0.15) is 0 Å². The van der Waals surface area contributed by atoms with E-state index in [-0.39, 0.29) is 9.26 Å². The number of aliphatic carboxylic acids is 1. The van der Waals surface area contributed by atoms with Crippen molar-refractivity contribution in [1.29, 1.82) is 0 Å². The van der Waals surface area contributed by atoms with Crippen LogP contribution < -0.4 is 5.43 Å². The molecular formula is C8H6F2INO3. The number of pyridine rings is 1. The topological polar surface area (TPSA) is 70.2 Å². The van der Waals surface area contributed by atoms with Crippen LogP contribution in [0.15, 0.2) is 10.9 Å². The number of nitrogens with one attached hydrogen (secondary N) is 1. The Morgan fingerprint density at radius 1 is 1.60 bits per heavy atom. The Balaban J connectivity index is 3.23. The number of aromatic amines is 1. The van der Waals surface area contributed by atoms with Gasteiger partial charge in [0.2, 0.25) is 0 Å². The molecule has 0 radical (unpaired) electrons. The highest BCUT2D eigenvalue weighted by molar-refractivity contribution is 14.1. The van der Waals surface area contributed by atoms with Crippen LogP contribution in [0.2, 0.25) is 0 Å². The van der Waals surface area contributed by atoms with Gasteiger partial charge in [0.05, 0.1) is 15.7 Å². The number of carbonyl (C=O) groups is 1. The Morgan fingerprint density at radius 3 is 2.67 bits per heavy atom. The van der Waals surface area contributed by atoms with Crippen molar-refractivity contribution in [2.75, 3.05) is 0 Å². The first-order valence-electron chi connectivity index (χ1n) is 3.83. The predicted molar refractivity (Wildman–Crippen MR) is 56.1 cm³/mol. The van der Waals surface area contributed by atoms with Crippen molar-refractivity contribution >= 4 is 28.6 Å². The lowest BCUT2D eigenvalue weighted by Crippen LogP contribution is -2.15. The van der Waals surface area contributed by atoms with Gasteiger partial charge in [0, 0.05) is 11.8 Å². The maximum Gasteiger partial charge on any atom is 0.309 e. The molecule has 0 bridgehead atoms. The van der Waals surface area contributed by atoms with E-state index >= 15 is 0 Å². The van der Waals surface area contributed by atoms with Crippen molar-refractivity contribution < 1.29 is 18.7 Å². The molecule has 0 aliphatic rings. The minimum atomic E-state index is -2.82. The average Bonchev–Trinajstić information content (AvgIpc) is 2.09. The van der Waals surface area contributed by atoms with Gasteiger partial charge in [-0.1, -0.05) is 0 Å². The van der Waals surface area contributed by atoms with Crippen molar-refractivity contribution in [3.63, 3.8) is 0 Å². The second-order valence-electron chi connectivity index (χ2n) is 2.76. The standard InChI is InChI=1S/C8H6F2INO3/c9-8(10)7-6(11)4(13)1-3(12-7)2-5(14)15/h1,8H,2H2,(H,12,13)(H,14,15). The molecule has 82 valence electrons. The molecule has 0 saturated carbocycles. The average molecular weight is 329 g/mol. The smallest absolute Gasteiger partial charge is 0.309 e. The molecule has 0 spiro atoms. The van der Waals surface area contributed by atoms with Crippen molar-refractivity contribution in [2.45, 2.75) is 12.8 Å². The van der Waals surface area contributed by atoms with E-state index in [4.69, 9.17) is 5.11 Å². The van der Waals surface area contributed by atoms with E-state index in [1.807, 2.05) is 0 Å². The minimum Gasteiger partial charge on any atom is -0.481 e. The molecule has 1 aromatic rings. The molecule has 1 aromatic heterocycles. The molecule has 0 aromatic carbocycles. The second-order valence-corrected chi connectivity index (χ2v) is 3.84. The summed E-state index contributed by atoms with van der Waals surface area (Å²) in [7, 11) is 0. The zero-order valence-corrected chi connectivity index (χ0v) is 9.42. The summed E-state index contributed by atoms with van der Waals surface area (Å²) >= 11 is 1.50. The van der Waals surface area contributed by atoms with Crippen LogP contribution in [0.25, 0.3) is 0 Å². The fourth-order valence-corrected chi connectivity index (χ4v) is 1.55. The first kappa shape index (κ1) is 12.1. The van der Waals surface area contributed by atoms with Crippen LogP contribution in [-0.4, -0.2) is 16.1 Å². The molecule has 2 N–H and O–H groups in total. The quantitative estimate of drug-likeness (QED) is 0.827. The van der Waals surface area contributed by atoms with E-state index < -0.39 is 29.9 Å². The number of carboxylic acid groups (broad SMARTS) is 1. The van der Waals surface area contributed by atoms with Gasteiger partial charge in [0.1, 0.15) is 0 Å². The lowest BCUT2D eigenvalue weighted by Gasteiger charge is -2.05. The van der Waals surface area contributed by atoms with Crippen molar-refractivity contribution in [1.82, 2.24) is 4.98 Å². The van der Waals surface area contributed by atoms with Gasteiger partial charge in [-0.25, -0.2) is 8.78 Å². The van der Waals surface area contributed by atoms with Gasteiger partial charge in [0.25, 0.3) is 6.43 Å². The summed E-state index contributed by atoms with van der Waals surface area (Å²) in [5.41, 5.74) is -1.15. The van der Waals surface area contributed by atoms with Crippen LogP contribution >= 0.6 is 22.6 Å². The van der Waals surface area contributed by atoms with E-state index in [2.05, 4.69) is 4.98 Å². The van der Waals surface area contributed by atoms with Crippen LogP contribution in [0.4, 0.5) is 8.78 Å². The summed E-state index contributed by atoms with van der Waals surface area (Å²) in [5, 5.41) is 8.45. The Hall–Kier alpha value is -0.990. The summed E-state index contributed by atoms with van der Waals surface area (Å²) in [6.07, 6.45) is -3.30. The molecule has 1 heterocycles. The molecule has 0 atom stereocenters. The number of aromatic nitrogens is 1. The molecule has 0 aliphatic heterocycles. The zero-order valence-electron chi connectivity index (χ0n) is 7.26. The SMILES string of the molecule is O=C(O)Cc1cc(=O)c(I)c(C(F)F)[nH]1. The van der Waals surface area contributed by atoms with Gasteiger partial charge < -0.3 is 10.1 Å². The maximum atomic E-state index is 12.4. The summed E-state index contributed by atoms with van der Waals surface area (Å²) < 4.78 is 24.7. The molecule has 15 heavy (non-hydrogen) atoms. The van der Waals surface area contributed by atoms with Crippen LogP contribution in [0.1, 0.15) is 17.8 Å². The molecule has 0 aliphatic carbocycles. The number of alkyl halides is 2. The minimum absolute atomic E-state index is 0.0248. The second kappa shape index (κ2) is 4.69. The van der Waals surface area contributed by atoms with Gasteiger partial charge in [-0.05, 0) is 22.6 Å². The summed E-state index contributed by atoms with van der Waals surface area (Å²) in [5.74, 6) is -1.19. The van der Waals surface area contributed by atoms with Crippen molar-refractivity contribution in [2.24, 2.45) is 0 Å². The van der Waals surface area contributed by atoms with Crippen LogP contribution in [0, 0.1) is 3.57 Å². The normalized spacial score (nSPS) is 10.7. The Labute approximate surface area is 96.5 Å². The van der Waals surface area contributed by atoms with E-state index in [9.17, 15) is 18.4 Å². The highest BCUT2D eigenvalue weighted by atomic mass is 127. The first-order valence-corrected chi connectivity index (χ1v) is 4.91. The third-order valence-electron chi connectivity index (χ3n) is 1.61. The Kier molecular flexibility index (Phi) is 3.77. The molecule has 0 fully saturated rings. The highest BCUT2D eigenvalue weighted by Crippen LogP contribution is 2.20. The van der Waals surface area contributed by atoms with E-state index in [0.29, 0.717) is 0 Å². The monoisotopic (exact) mass is 329 g/mol. The van der Waals surface area contributed by atoms with Crippen LogP contribution in [0.3, 0.4) is 0 Å². The Morgan fingerprint density at radius 2 is 2.20 bits per heavy atom. The predicted octanol–water partition coefficient (Wildman–Crippen LogP) is 1.54. The highest BCUT2D eigenvalue weighted by Gasteiger charge is 2.16. The fraction of sp³-hybridized carbons (Fsp3) is 0.250. The summed E-state index contributed by atoms with van der Waals surface area (Å²) in [6.45, 7) is 0. The molecule has 4 nitrogen and oxygen atoms in total. The number of halogens is 3. The van der Waals surface area contributed by atoms with Gasteiger partial charge in [0.15, 0.2) is 5.43 Å². The number of carboxylic acids is 1. The Bertz CT molecular complexity index is 444. The number of rotatable bonds is 3. The zero-order chi connectivity index (χ0) is 11.6. The van der Waals surface area contributed by atoms with Crippen LogP contribution in [0.5, 0.6) is 0 Å². The molecule has 0 unspecified atom stereocenters. The van der Waals surface area contributed by atoms with Gasteiger partial charge >= 0.3 is 5.97 Å². The van der Waals surface area contributed by atoms with Crippen LogP contribution in [-0.2, 0) is 11.2 Å². The maximum absolute atomic E-state index is 12.4. The third-order valence-corrected chi connectivity index (χ3v) is 2.73. The van der Waals surface area contributed by atoms with Crippen molar-refractivity contribution in [3.05, 3.63) is 31.2 Å². The van der Waals surface area contributed by atoms with E-state index in [1.54, 1.807) is 0 Å². The largest absolute Gasteiger partial charge is 0.481 e. The molecule has 0 saturated heterocycles. The van der Waals surface area contributed by atoms with Gasteiger partial charge in [-0.15, -0.1) is 0 Å². The first-order chi connectivity index (χ1) is 6.91. The van der Waals surface area contributed by atoms with Gasteiger partial charge in [-0.3, -0.25) is 9.59 Å². The fourth-order valence-electron chi connectivity index (χ4n) is 1.03. The molecular weight excluding hydrogens is 323 g/mol. The third kappa shape index (κ3) is 2.98. The molecule has 1 rings (SSSR count).